The third kappa shape index (κ3) is 5.96. The Kier molecular flexibility index (Phi) is 7.21. The largest absolute Gasteiger partial charge is 0.486 e. The van der Waals surface area contributed by atoms with Gasteiger partial charge in [0.15, 0.2) is 5.76 Å². The van der Waals surface area contributed by atoms with Crippen LogP contribution >= 0.6 is 0 Å². The van der Waals surface area contributed by atoms with Crippen molar-refractivity contribution in [3.05, 3.63) is 66.1 Å². The Labute approximate surface area is 205 Å². The highest BCUT2D eigenvalue weighted by atomic mass is 16.5. The number of piperidine rings is 1. The lowest BCUT2D eigenvalue weighted by Gasteiger charge is -2.34. The molecule has 5 rings (SSSR count). The summed E-state index contributed by atoms with van der Waals surface area (Å²) in [6.07, 6.45) is 7.30. The quantitative estimate of drug-likeness (QED) is 0.510. The summed E-state index contributed by atoms with van der Waals surface area (Å²) in [7, 11) is 0. The van der Waals surface area contributed by atoms with E-state index in [2.05, 4.69) is 16.7 Å². The van der Waals surface area contributed by atoms with E-state index in [-0.39, 0.29) is 30.3 Å². The van der Waals surface area contributed by atoms with Gasteiger partial charge >= 0.3 is 6.03 Å². The molecule has 1 aliphatic heterocycles. The molecule has 1 aliphatic carbocycles. The molecule has 2 N–H and O–H groups in total. The lowest BCUT2D eigenvalue weighted by Crippen LogP contribution is -2.51. The van der Waals surface area contributed by atoms with Crippen LogP contribution in [0.1, 0.15) is 61.3 Å². The van der Waals surface area contributed by atoms with Crippen LogP contribution in [0.25, 0.3) is 10.8 Å². The van der Waals surface area contributed by atoms with E-state index in [9.17, 15) is 9.59 Å². The second-order valence-corrected chi connectivity index (χ2v) is 9.58. The number of ether oxygens (including phenoxy) is 1. The van der Waals surface area contributed by atoms with Crippen molar-refractivity contribution >= 4 is 22.7 Å². The standard InChI is InChI=1S/C28H33N3O4/c32-27(29-23-14-16-31(17-15-23)28(33)30-22-8-2-1-3-9-22)26-13-12-25(35-26)19-34-24-11-10-20-6-4-5-7-21(20)18-24/h4-7,10-13,18,22-23H,1-3,8-9,14-17,19H2,(H,29,32)(H,30,33). The van der Waals surface area contributed by atoms with Gasteiger partial charge in [0.05, 0.1) is 0 Å². The minimum Gasteiger partial charge on any atom is -0.486 e. The normalized spacial score (nSPS) is 17.3. The van der Waals surface area contributed by atoms with E-state index >= 15 is 0 Å². The molecule has 0 bridgehead atoms. The predicted molar refractivity (Wildman–Crippen MR) is 134 cm³/mol. The average Bonchev–Trinajstić information content (AvgIpc) is 3.38. The fraction of sp³-hybridized carbons (Fsp3) is 0.429. The van der Waals surface area contributed by atoms with Gasteiger partial charge in [-0.3, -0.25) is 4.79 Å². The summed E-state index contributed by atoms with van der Waals surface area (Å²) in [6.45, 7) is 1.54. The molecule has 2 heterocycles. The van der Waals surface area contributed by atoms with Crippen molar-refractivity contribution < 1.29 is 18.7 Å². The van der Waals surface area contributed by atoms with E-state index in [1.54, 1.807) is 12.1 Å². The van der Waals surface area contributed by atoms with Crippen LogP contribution in [0.3, 0.4) is 0 Å². The molecule has 1 saturated carbocycles. The number of nitrogens with one attached hydrogen (secondary N) is 2. The van der Waals surface area contributed by atoms with Crippen LogP contribution in [0.5, 0.6) is 5.75 Å². The number of benzene rings is 2. The molecule has 7 heteroatoms. The number of urea groups is 1. The van der Waals surface area contributed by atoms with Gasteiger partial charge in [0, 0.05) is 25.2 Å². The van der Waals surface area contributed by atoms with E-state index in [1.165, 1.54) is 19.3 Å². The molecule has 0 atom stereocenters. The monoisotopic (exact) mass is 475 g/mol. The van der Waals surface area contributed by atoms with Gasteiger partial charge in [-0.2, -0.15) is 0 Å². The zero-order chi connectivity index (χ0) is 24.0. The van der Waals surface area contributed by atoms with E-state index < -0.39 is 0 Å². The SMILES string of the molecule is O=C(NC1CCN(C(=O)NC2CCCCC2)CC1)c1ccc(COc2ccc3ccccc3c2)o1. The van der Waals surface area contributed by atoms with Gasteiger partial charge in [0.2, 0.25) is 0 Å². The maximum Gasteiger partial charge on any atom is 0.317 e. The van der Waals surface area contributed by atoms with Crippen molar-refractivity contribution in [2.24, 2.45) is 0 Å². The summed E-state index contributed by atoms with van der Waals surface area (Å²) >= 11 is 0. The van der Waals surface area contributed by atoms with Gasteiger partial charge in [0.1, 0.15) is 18.1 Å². The third-order valence-electron chi connectivity index (χ3n) is 7.04. The molecule has 2 fully saturated rings. The molecule has 3 amide bonds. The maximum atomic E-state index is 12.7. The number of carbonyl (C=O) groups is 2. The van der Waals surface area contributed by atoms with E-state index in [4.69, 9.17) is 9.15 Å². The number of fused-ring (bicyclic) bond motifs is 1. The maximum absolute atomic E-state index is 12.7. The Hall–Kier alpha value is -3.48. The summed E-state index contributed by atoms with van der Waals surface area (Å²) in [5, 5.41) is 8.50. The summed E-state index contributed by atoms with van der Waals surface area (Å²) in [5.41, 5.74) is 0. The van der Waals surface area contributed by atoms with Crippen molar-refractivity contribution in [1.82, 2.24) is 15.5 Å². The van der Waals surface area contributed by atoms with Crippen LogP contribution in [0, 0.1) is 0 Å². The molecule has 2 aromatic carbocycles. The number of likely N-dealkylation sites (tertiary alicyclic amines) is 1. The van der Waals surface area contributed by atoms with Gasteiger partial charge in [-0.15, -0.1) is 0 Å². The number of hydrogen-bond acceptors (Lipinski definition) is 4. The third-order valence-corrected chi connectivity index (χ3v) is 7.04. The fourth-order valence-electron chi connectivity index (χ4n) is 4.99. The fourth-order valence-corrected chi connectivity index (χ4v) is 4.99. The van der Waals surface area contributed by atoms with Crippen LogP contribution in [0.4, 0.5) is 4.79 Å². The van der Waals surface area contributed by atoms with Crippen molar-refractivity contribution in [2.45, 2.75) is 63.6 Å². The Bertz CT molecular complexity index is 1160. The molecule has 0 radical (unpaired) electrons. The van der Waals surface area contributed by atoms with Crippen LogP contribution in [0.15, 0.2) is 59.0 Å². The average molecular weight is 476 g/mol. The first kappa shape index (κ1) is 23.3. The molecule has 0 spiro atoms. The molecule has 3 aromatic rings. The number of carbonyl (C=O) groups excluding carboxylic acids is 2. The summed E-state index contributed by atoms with van der Waals surface area (Å²) < 4.78 is 11.6. The zero-order valence-corrected chi connectivity index (χ0v) is 20.0. The van der Waals surface area contributed by atoms with Crippen molar-refractivity contribution in [1.29, 1.82) is 0 Å². The van der Waals surface area contributed by atoms with Crippen molar-refractivity contribution in [3.63, 3.8) is 0 Å². The Balaban J connectivity index is 1.07. The molecule has 184 valence electrons. The number of amides is 3. The number of hydrogen-bond donors (Lipinski definition) is 2. The molecule has 1 saturated heterocycles. The topological polar surface area (TPSA) is 83.8 Å². The highest BCUT2D eigenvalue weighted by molar-refractivity contribution is 5.91. The molecule has 35 heavy (non-hydrogen) atoms. The van der Waals surface area contributed by atoms with Crippen LogP contribution in [0.2, 0.25) is 0 Å². The Morgan fingerprint density at radius 1 is 0.857 bits per heavy atom. The van der Waals surface area contributed by atoms with E-state index in [0.717, 1.165) is 42.2 Å². The number of nitrogens with zero attached hydrogens (tertiary/aromatic N) is 1. The molecule has 7 nitrogen and oxygen atoms in total. The molecule has 0 unspecified atom stereocenters. The second kappa shape index (κ2) is 10.8. The first-order chi connectivity index (χ1) is 17.1. The summed E-state index contributed by atoms with van der Waals surface area (Å²) in [5.74, 6) is 1.40. The molecule has 2 aliphatic rings. The first-order valence-corrected chi connectivity index (χ1v) is 12.7. The lowest BCUT2D eigenvalue weighted by atomic mass is 9.95. The zero-order valence-electron chi connectivity index (χ0n) is 20.0. The Morgan fingerprint density at radius 2 is 1.60 bits per heavy atom. The summed E-state index contributed by atoms with van der Waals surface area (Å²) in [6, 6.07) is 17.9. The van der Waals surface area contributed by atoms with Gasteiger partial charge in [-0.05, 0) is 60.7 Å². The minimum atomic E-state index is -0.230. The number of furan rings is 1. The molecular formula is C28H33N3O4. The van der Waals surface area contributed by atoms with Gasteiger partial charge in [0.25, 0.3) is 5.91 Å². The minimum absolute atomic E-state index is 0.0311. The highest BCUT2D eigenvalue weighted by Gasteiger charge is 2.26. The predicted octanol–water partition coefficient (Wildman–Crippen LogP) is 5.25. The highest BCUT2D eigenvalue weighted by Crippen LogP contribution is 2.22. The van der Waals surface area contributed by atoms with Crippen molar-refractivity contribution in [3.8, 4) is 5.75 Å². The smallest absolute Gasteiger partial charge is 0.317 e. The lowest BCUT2D eigenvalue weighted by molar-refractivity contribution is 0.0885. The molecular weight excluding hydrogens is 442 g/mol. The first-order valence-electron chi connectivity index (χ1n) is 12.7. The van der Waals surface area contributed by atoms with Crippen molar-refractivity contribution in [2.75, 3.05) is 13.1 Å². The van der Waals surface area contributed by atoms with Gasteiger partial charge in [-0.25, -0.2) is 4.79 Å². The molecule has 1 aromatic heterocycles. The van der Waals surface area contributed by atoms with Gasteiger partial charge in [-0.1, -0.05) is 49.6 Å². The van der Waals surface area contributed by atoms with Crippen LogP contribution in [-0.4, -0.2) is 42.0 Å². The Morgan fingerprint density at radius 3 is 2.40 bits per heavy atom. The van der Waals surface area contributed by atoms with Crippen LogP contribution in [-0.2, 0) is 6.61 Å². The second-order valence-electron chi connectivity index (χ2n) is 9.58. The number of rotatable bonds is 6. The van der Waals surface area contributed by atoms with Gasteiger partial charge < -0.3 is 24.7 Å². The van der Waals surface area contributed by atoms with E-state index in [1.807, 2.05) is 41.3 Å². The summed E-state index contributed by atoms with van der Waals surface area (Å²) in [4.78, 5) is 27.1. The van der Waals surface area contributed by atoms with E-state index in [0.29, 0.717) is 24.9 Å². The van der Waals surface area contributed by atoms with Crippen LogP contribution < -0.4 is 15.4 Å².